The first-order valence-corrected chi connectivity index (χ1v) is 16.6. The van der Waals surface area contributed by atoms with Gasteiger partial charge in [-0.1, -0.05) is 27.7 Å². The van der Waals surface area contributed by atoms with Crippen molar-refractivity contribution < 1.29 is 24.1 Å². The van der Waals surface area contributed by atoms with Gasteiger partial charge in [0.1, 0.15) is 17.0 Å². The predicted molar refractivity (Wildman–Crippen MR) is 195 cm³/mol. The molecule has 0 aliphatic carbocycles. The van der Waals surface area contributed by atoms with Crippen LogP contribution in [0.4, 0.5) is 17.1 Å². The van der Waals surface area contributed by atoms with Crippen molar-refractivity contribution >= 4 is 52.4 Å². The van der Waals surface area contributed by atoms with Gasteiger partial charge in [-0.3, -0.25) is 40.1 Å². The van der Waals surface area contributed by atoms with Crippen LogP contribution in [0, 0.1) is 32.8 Å². The number of benzene rings is 1. The summed E-state index contributed by atoms with van der Waals surface area (Å²) in [6, 6.07) is 6.40. The van der Waals surface area contributed by atoms with Gasteiger partial charge in [0, 0.05) is 63.0 Å². The summed E-state index contributed by atoms with van der Waals surface area (Å²) in [4.78, 5) is 63.7. The molecule has 0 bridgehead atoms. The molecule has 0 fully saturated rings. The lowest BCUT2D eigenvalue weighted by Crippen LogP contribution is -2.29. The smallest absolute Gasteiger partial charge is 0.282 e. The Labute approximate surface area is 295 Å². The summed E-state index contributed by atoms with van der Waals surface area (Å²) in [5.41, 5.74) is 10.8. The van der Waals surface area contributed by atoms with Crippen LogP contribution in [0.25, 0.3) is 0 Å². The van der Waals surface area contributed by atoms with E-state index in [4.69, 9.17) is 22.3 Å². The van der Waals surface area contributed by atoms with Gasteiger partial charge in [0.05, 0.1) is 28.0 Å². The first kappa shape index (κ1) is 39.4. The Kier molecular flexibility index (Phi) is 14.0. The number of aryl methyl sites for hydroxylation is 2. The Hall–Kier alpha value is -6.00. The number of carbonyl (C=O) groups is 4. The number of nitrogens with one attached hydrogen (secondary N) is 6. The molecule has 0 aliphatic rings. The Bertz CT molecular complexity index is 1790. The van der Waals surface area contributed by atoms with Crippen molar-refractivity contribution in [2.75, 3.05) is 23.7 Å². The molecule has 0 spiro atoms. The molecule has 4 amide bonds. The van der Waals surface area contributed by atoms with E-state index < -0.39 is 34.2 Å². The maximum absolute atomic E-state index is 13.3. The summed E-state index contributed by atoms with van der Waals surface area (Å²) in [5, 5.41) is 37.5. The Balaban J connectivity index is 1.82. The van der Waals surface area contributed by atoms with Crippen LogP contribution in [0.3, 0.4) is 0 Å². The molecule has 0 atom stereocenters. The van der Waals surface area contributed by atoms with E-state index in [0.717, 1.165) is 18.9 Å². The zero-order chi connectivity index (χ0) is 37.8. The second kappa shape index (κ2) is 18.1. The van der Waals surface area contributed by atoms with Gasteiger partial charge in [-0.05, 0) is 48.9 Å². The topological polar surface area (TPSA) is 269 Å². The number of amides is 4. The number of rotatable bonds is 19. The maximum atomic E-state index is 13.3. The number of hydrogen-bond acceptors (Lipinski definition) is 8. The highest BCUT2D eigenvalue weighted by Crippen LogP contribution is 2.25. The normalized spacial score (nSPS) is 10.9. The molecule has 0 aliphatic heterocycles. The average Bonchev–Trinajstić information content (AvgIpc) is 3.65. The predicted octanol–water partition coefficient (Wildman–Crippen LogP) is 3.91. The summed E-state index contributed by atoms with van der Waals surface area (Å²) < 4.78 is 3.38. The zero-order valence-electron chi connectivity index (χ0n) is 29.3. The Morgan fingerprint density at radius 2 is 1.20 bits per heavy atom. The van der Waals surface area contributed by atoms with E-state index in [1.165, 1.54) is 24.3 Å². The van der Waals surface area contributed by atoms with Crippen molar-refractivity contribution in [2.24, 2.45) is 23.3 Å². The van der Waals surface area contributed by atoms with Gasteiger partial charge >= 0.3 is 0 Å². The fourth-order valence-electron chi connectivity index (χ4n) is 4.92. The van der Waals surface area contributed by atoms with E-state index in [2.05, 4.69) is 21.3 Å². The van der Waals surface area contributed by atoms with Crippen molar-refractivity contribution in [3.8, 4) is 0 Å². The molecular formula is C34H47N11O6. The molecule has 3 aromatic rings. The number of nitrogens with two attached hydrogens (primary N) is 2. The Morgan fingerprint density at radius 3 is 1.61 bits per heavy atom. The lowest BCUT2D eigenvalue weighted by atomic mass is 10.1. The number of hydrogen-bond donors (Lipinski definition) is 8. The van der Waals surface area contributed by atoms with Crippen LogP contribution < -0.4 is 32.7 Å². The van der Waals surface area contributed by atoms with Crippen molar-refractivity contribution in [1.82, 2.24) is 19.8 Å². The van der Waals surface area contributed by atoms with Crippen LogP contribution in [0.15, 0.2) is 42.7 Å². The zero-order valence-corrected chi connectivity index (χ0v) is 29.3. The second-order valence-electron chi connectivity index (χ2n) is 12.9. The van der Waals surface area contributed by atoms with Gasteiger partial charge in [0.2, 0.25) is 0 Å². The first-order chi connectivity index (χ1) is 24.0. The number of anilines is 2. The third-order valence-corrected chi connectivity index (χ3v) is 7.73. The molecule has 10 N–H and O–H groups in total. The van der Waals surface area contributed by atoms with Crippen molar-refractivity contribution in [3.63, 3.8) is 0 Å². The number of aromatic nitrogens is 2. The van der Waals surface area contributed by atoms with Crippen LogP contribution in [0.2, 0.25) is 0 Å². The summed E-state index contributed by atoms with van der Waals surface area (Å²) in [7, 11) is 0. The van der Waals surface area contributed by atoms with Crippen LogP contribution in [-0.4, -0.2) is 62.4 Å². The molecule has 0 saturated carbocycles. The monoisotopic (exact) mass is 705 g/mol. The molecule has 51 heavy (non-hydrogen) atoms. The van der Waals surface area contributed by atoms with E-state index >= 15 is 0 Å². The minimum absolute atomic E-state index is 0.0657. The van der Waals surface area contributed by atoms with Crippen molar-refractivity contribution in [3.05, 3.63) is 75.4 Å². The van der Waals surface area contributed by atoms with Crippen LogP contribution in [0.1, 0.15) is 95.1 Å². The van der Waals surface area contributed by atoms with Gasteiger partial charge < -0.3 is 41.9 Å². The highest BCUT2D eigenvalue weighted by molar-refractivity contribution is 6.10. The standard InChI is InChI=1S/C34H47N11O6/c1-20(2)9-13-43-18-23(16-27(43)33(48)39-11-7-29(35)36)41-31(46)22-5-6-25(26(15-22)45(50)51)32(47)42-24-17-28(34(49)40-12-8-30(37)38)44(19-24)14-10-21(3)4/h5-6,15-21H,7-14H2,1-4H3,(H3,35,36)(H3,37,38)(H,39,48)(H,40,49)(H,41,46)(H,42,47). The number of carbonyl (C=O) groups excluding carboxylic acids is 4. The molecule has 1 aromatic carbocycles. The van der Waals surface area contributed by atoms with E-state index in [1.54, 1.807) is 21.5 Å². The van der Waals surface area contributed by atoms with Crippen LogP contribution in [-0.2, 0) is 13.1 Å². The van der Waals surface area contributed by atoms with E-state index in [1.807, 2.05) is 27.7 Å². The molecule has 2 aromatic heterocycles. The van der Waals surface area contributed by atoms with Gasteiger partial charge in [-0.25, -0.2) is 0 Å². The Morgan fingerprint density at radius 1 is 0.745 bits per heavy atom. The van der Waals surface area contributed by atoms with E-state index in [0.29, 0.717) is 24.9 Å². The minimum Gasteiger partial charge on any atom is -0.388 e. The van der Waals surface area contributed by atoms with Gasteiger partial charge in [0.25, 0.3) is 29.3 Å². The lowest BCUT2D eigenvalue weighted by Gasteiger charge is -2.11. The van der Waals surface area contributed by atoms with Gasteiger partial charge in [-0.15, -0.1) is 0 Å². The molecule has 17 nitrogen and oxygen atoms in total. The second-order valence-corrected chi connectivity index (χ2v) is 12.9. The average molecular weight is 706 g/mol. The molecule has 274 valence electrons. The summed E-state index contributed by atoms with van der Waals surface area (Å²) >= 11 is 0. The first-order valence-electron chi connectivity index (χ1n) is 16.6. The maximum Gasteiger partial charge on any atom is 0.282 e. The number of nitro groups is 1. The third-order valence-electron chi connectivity index (χ3n) is 7.73. The molecular weight excluding hydrogens is 658 g/mol. The molecule has 3 rings (SSSR count). The minimum atomic E-state index is -0.819. The third kappa shape index (κ3) is 11.8. The van der Waals surface area contributed by atoms with Crippen molar-refractivity contribution in [1.29, 1.82) is 10.8 Å². The summed E-state index contributed by atoms with van der Waals surface area (Å²) in [6.45, 7) is 9.42. The molecule has 17 heteroatoms. The quantitative estimate of drug-likeness (QED) is 0.0391. The summed E-state index contributed by atoms with van der Waals surface area (Å²) in [6.07, 6.45) is 5.01. The highest BCUT2D eigenvalue weighted by atomic mass is 16.6. The number of nitrogens with zero attached hydrogens (tertiary/aromatic N) is 3. The fraction of sp³-hybridized carbons (Fsp3) is 0.412. The fourth-order valence-corrected chi connectivity index (χ4v) is 4.92. The lowest BCUT2D eigenvalue weighted by molar-refractivity contribution is -0.385. The van der Waals surface area contributed by atoms with Crippen molar-refractivity contribution in [2.45, 2.75) is 66.5 Å². The number of amidine groups is 2. The van der Waals surface area contributed by atoms with Crippen LogP contribution in [0.5, 0.6) is 0 Å². The SMILES string of the molecule is CC(C)CCn1cc(NC(=O)c2ccc(C(=O)Nc3cc(C(=O)NCCC(=N)N)n(CCC(C)C)c3)c([N+](=O)[O-])c2)cc1C(=O)NCCC(=N)N. The molecule has 2 heterocycles. The van der Waals surface area contributed by atoms with Gasteiger partial charge in [-0.2, -0.15) is 0 Å². The molecule has 0 radical (unpaired) electrons. The van der Waals surface area contributed by atoms with Crippen LogP contribution >= 0.6 is 0 Å². The molecule has 0 saturated heterocycles. The van der Waals surface area contributed by atoms with E-state index in [9.17, 15) is 29.3 Å². The van der Waals surface area contributed by atoms with E-state index in [-0.39, 0.29) is 71.5 Å². The highest BCUT2D eigenvalue weighted by Gasteiger charge is 2.25. The van der Waals surface area contributed by atoms with Gasteiger partial charge in [0.15, 0.2) is 0 Å². The summed E-state index contributed by atoms with van der Waals surface area (Å²) in [5.74, 6) is -1.84. The largest absolute Gasteiger partial charge is 0.388 e. The molecule has 0 unspecified atom stereocenters. The number of nitro benzene ring substituents is 1.